The molecule has 0 saturated heterocycles. The predicted octanol–water partition coefficient (Wildman–Crippen LogP) is 3.89. The van der Waals surface area contributed by atoms with E-state index in [0.717, 1.165) is 8.66 Å². The monoisotopic (exact) mass is 299 g/mol. The van der Waals surface area contributed by atoms with Gasteiger partial charge in [-0.1, -0.05) is 18.2 Å². The summed E-state index contributed by atoms with van der Waals surface area (Å²) < 4.78 is 14.5. The Labute approximate surface area is 106 Å². The summed E-state index contributed by atoms with van der Waals surface area (Å²) in [5.74, 6) is -0.187. The third-order valence-corrected chi connectivity index (χ3v) is 4.11. The second-order valence-electron chi connectivity index (χ2n) is 3.54. The van der Waals surface area contributed by atoms with E-state index in [4.69, 9.17) is 5.73 Å². The van der Waals surface area contributed by atoms with Crippen LogP contribution in [0.15, 0.2) is 40.2 Å². The van der Waals surface area contributed by atoms with Gasteiger partial charge in [0.2, 0.25) is 0 Å². The molecule has 0 aliphatic heterocycles. The molecule has 0 aliphatic rings. The molecule has 2 rings (SSSR count). The maximum atomic E-state index is 13.4. The van der Waals surface area contributed by atoms with Gasteiger partial charge in [-0.2, -0.15) is 0 Å². The summed E-state index contributed by atoms with van der Waals surface area (Å²) in [4.78, 5) is 1.06. The summed E-state index contributed by atoms with van der Waals surface area (Å²) in [6.45, 7) is 0. The number of halogens is 2. The molecule has 16 heavy (non-hydrogen) atoms. The standard InChI is InChI=1S/C12H11BrFNS/c13-12-6-5-11(16-12)10(15)7-8-3-1-2-4-9(8)14/h1-6,10H,7,15H2. The van der Waals surface area contributed by atoms with Crippen molar-refractivity contribution in [2.45, 2.75) is 12.5 Å². The quantitative estimate of drug-likeness (QED) is 0.914. The first kappa shape index (κ1) is 11.8. The summed E-state index contributed by atoms with van der Waals surface area (Å²) in [6.07, 6.45) is 0.527. The molecule has 1 aromatic carbocycles. The Morgan fingerprint density at radius 2 is 2.00 bits per heavy atom. The Bertz CT molecular complexity index is 483. The minimum atomic E-state index is -0.187. The van der Waals surface area contributed by atoms with Crippen molar-refractivity contribution >= 4 is 27.3 Å². The van der Waals surface area contributed by atoms with E-state index < -0.39 is 0 Å². The Morgan fingerprint density at radius 3 is 2.62 bits per heavy atom. The van der Waals surface area contributed by atoms with E-state index >= 15 is 0 Å². The maximum absolute atomic E-state index is 13.4. The van der Waals surface area contributed by atoms with Crippen molar-refractivity contribution in [1.29, 1.82) is 0 Å². The van der Waals surface area contributed by atoms with E-state index in [9.17, 15) is 4.39 Å². The molecule has 1 unspecified atom stereocenters. The normalized spacial score (nSPS) is 12.7. The molecule has 1 nitrogen and oxygen atoms in total. The highest BCUT2D eigenvalue weighted by molar-refractivity contribution is 9.11. The highest BCUT2D eigenvalue weighted by Crippen LogP contribution is 2.28. The van der Waals surface area contributed by atoms with Crippen LogP contribution in [0.25, 0.3) is 0 Å². The van der Waals surface area contributed by atoms with Gasteiger partial charge in [-0.3, -0.25) is 0 Å². The minimum Gasteiger partial charge on any atom is -0.323 e. The van der Waals surface area contributed by atoms with Gasteiger partial charge >= 0.3 is 0 Å². The molecule has 84 valence electrons. The fourth-order valence-electron chi connectivity index (χ4n) is 1.53. The fraction of sp³-hybridized carbons (Fsp3) is 0.167. The number of thiophene rings is 1. The molecule has 2 N–H and O–H groups in total. The van der Waals surface area contributed by atoms with Gasteiger partial charge in [-0.25, -0.2) is 4.39 Å². The zero-order valence-electron chi connectivity index (χ0n) is 8.49. The molecule has 0 fully saturated rings. The molecule has 0 amide bonds. The zero-order valence-corrected chi connectivity index (χ0v) is 10.9. The summed E-state index contributed by atoms with van der Waals surface area (Å²) in [5.41, 5.74) is 6.70. The molecule has 2 aromatic rings. The fourth-order valence-corrected chi connectivity index (χ4v) is 2.95. The third kappa shape index (κ3) is 2.70. The van der Waals surface area contributed by atoms with Gasteiger partial charge < -0.3 is 5.73 Å². The highest BCUT2D eigenvalue weighted by atomic mass is 79.9. The smallest absolute Gasteiger partial charge is 0.126 e. The van der Waals surface area contributed by atoms with Crippen molar-refractivity contribution in [3.63, 3.8) is 0 Å². The van der Waals surface area contributed by atoms with Gasteiger partial charge in [-0.15, -0.1) is 11.3 Å². The number of benzene rings is 1. The van der Waals surface area contributed by atoms with Crippen molar-refractivity contribution < 1.29 is 4.39 Å². The Hall–Kier alpha value is -0.710. The van der Waals surface area contributed by atoms with E-state index in [1.165, 1.54) is 6.07 Å². The zero-order chi connectivity index (χ0) is 11.5. The first-order valence-corrected chi connectivity index (χ1v) is 6.52. The highest BCUT2D eigenvalue weighted by Gasteiger charge is 2.11. The number of rotatable bonds is 3. The molecule has 1 atom stereocenters. The number of hydrogen-bond donors (Lipinski definition) is 1. The topological polar surface area (TPSA) is 26.0 Å². The average molecular weight is 300 g/mol. The average Bonchev–Trinajstić information content (AvgIpc) is 2.68. The molecule has 4 heteroatoms. The molecule has 0 bridgehead atoms. The molecule has 1 heterocycles. The van der Waals surface area contributed by atoms with Crippen molar-refractivity contribution in [2.24, 2.45) is 5.73 Å². The van der Waals surface area contributed by atoms with Crippen LogP contribution in [0.2, 0.25) is 0 Å². The second-order valence-corrected chi connectivity index (χ2v) is 6.04. The van der Waals surface area contributed by atoms with Crippen molar-refractivity contribution in [1.82, 2.24) is 0 Å². The molecular formula is C12H11BrFNS. The van der Waals surface area contributed by atoms with Crippen LogP contribution in [0.1, 0.15) is 16.5 Å². The largest absolute Gasteiger partial charge is 0.323 e. The van der Waals surface area contributed by atoms with Crippen molar-refractivity contribution in [3.05, 3.63) is 56.4 Å². The number of hydrogen-bond acceptors (Lipinski definition) is 2. The van der Waals surface area contributed by atoms with E-state index in [-0.39, 0.29) is 11.9 Å². The van der Waals surface area contributed by atoms with Crippen molar-refractivity contribution in [3.8, 4) is 0 Å². The lowest BCUT2D eigenvalue weighted by molar-refractivity contribution is 0.595. The summed E-state index contributed by atoms with van der Waals surface area (Å²) >= 11 is 4.98. The SMILES string of the molecule is NC(Cc1ccccc1F)c1ccc(Br)s1. The second kappa shape index (κ2) is 5.08. The van der Waals surface area contributed by atoms with E-state index in [1.54, 1.807) is 23.5 Å². The Balaban J connectivity index is 2.13. The van der Waals surface area contributed by atoms with Gasteiger partial charge in [0.1, 0.15) is 5.82 Å². The molecule has 0 radical (unpaired) electrons. The lowest BCUT2D eigenvalue weighted by atomic mass is 10.1. The molecule has 0 saturated carbocycles. The summed E-state index contributed by atoms with van der Waals surface area (Å²) in [5, 5.41) is 0. The first-order valence-electron chi connectivity index (χ1n) is 4.91. The first-order chi connectivity index (χ1) is 7.66. The maximum Gasteiger partial charge on any atom is 0.126 e. The lowest BCUT2D eigenvalue weighted by Gasteiger charge is -2.09. The summed E-state index contributed by atoms with van der Waals surface area (Å²) in [7, 11) is 0. The van der Waals surface area contributed by atoms with Gasteiger partial charge in [0.05, 0.1) is 3.79 Å². The van der Waals surface area contributed by atoms with Gasteiger partial charge in [0.25, 0.3) is 0 Å². The Morgan fingerprint density at radius 1 is 1.25 bits per heavy atom. The predicted molar refractivity (Wildman–Crippen MR) is 69.1 cm³/mol. The number of nitrogens with two attached hydrogens (primary N) is 1. The summed E-state index contributed by atoms with van der Waals surface area (Å²) in [6, 6.07) is 10.5. The van der Waals surface area contributed by atoms with Gasteiger partial charge in [0.15, 0.2) is 0 Å². The molecular weight excluding hydrogens is 289 g/mol. The van der Waals surface area contributed by atoms with E-state index in [2.05, 4.69) is 15.9 Å². The molecule has 1 aromatic heterocycles. The molecule has 0 spiro atoms. The third-order valence-electron chi connectivity index (χ3n) is 2.36. The van der Waals surface area contributed by atoms with Gasteiger partial charge in [0, 0.05) is 10.9 Å². The van der Waals surface area contributed by atoms with Crippen LogP contribution >= 0.6 is 27.3 Å². The van der Waals surface area contributed by atoms with Gasteiger partial charge in [-0.05, 0) is 46.1 Å². The Kier molecular flexibility index (Phi) is 3.74. The van der Waals surface area contributed by atoms with Crippen LogP contribution < -0.4 is 5.73 Å². The van der Waals surface area contributed by atoms with Crippen LogP contribution in [0.4, 0.5) is 4.39 Å². The van der Waals surface area contributed by atoms with E-state index in [0.29, 0.717) is 12.0 Å². The van der Waals surface area contributed by atoms with Crippen LogP contribution in [0.5, 0.6) is 0 Å². The van der Waals surface area contributed by atoms with Crippen LogP contribution in [-0.4, -0.2) is 0 Å². The van der Waals surface area contributed by atoms with Crippen LogP contribution in [-0.2, 0) is 6.42 Å². The van der Waals surface area contributed by atoms with Crippen LogP contribution in [0.3, 0.4) is 0 Å². The van der Waals surface area contributed by atoms with Crippen molar-refractivity contribution in [2.75, 3.05) is 0 Å². The van der Waals surface area contributed by atoms with Crippen LogP contribution in [0, 0.1) is 5.82 Å². The molecule has 0 aliphatic carbocycles. The lowest BCUT2D eigenvalue weighted by Crippen LogP contribution is -2.12. The van der Waals surface area contributed by atoms with E-state index in [1.807, 2.05) is 18.2 Å². The minimum absolute atomic E-state index is 0.145.